The molecule has 176 valence electrons. The summed E-state index contributed by atoms with van der Waals surface area (Å²) in [6.45, 7) is 3.44. The van der Waals surface area contributed by atoms with Crippen molar-refractivity contribution in [2.24, 2.45) is 7.05 Å². The Labute approximate surface area is 203 Å². The van der Waals surface area contributed by atoms with Crippen LogP contribution in [0.2, 0.25) is 5.02 Å². The van der Waals surface area contributed by atoms with Crippen LogP contribution in [-0.2, 0) is 17.1 Å². The average Bonchev–Trinajstić information content (AvgIpc) is 3.23. The zero-order valence-electron chi connectivity index (χ0n) is 18.7. The number of piperazine rings is 1. The molecular weight excluding hydrogens is 476 g/mol. The summed E-state index contributed by atoms with van der Waals surface area (Å²) in [5, 5.41) is 16.1. The number of halogens is 1. The van der Waals surface area contributed by atoms with Crippen LogP contribution in [0.1, 0.15) is 21.5 Å². The maximum absolute atomic E-state index is 13.4. The van der Waals surface area contributed by atoms with E-state index in [2.05, 4.69) is 15.3 Å². The highest BCUT2D eigenvalue weighted by molar-refractivity contribution is 7.89. The molecule has 0 bridgehead atoms. The number of aromatic nitrogens is 2. The molecule has 1 aliphatic heterocycles. The number of carbonyl (C=O) groups excluding carboxylic acids is 1. The molecule has 1 amide bonds. The van der Waals surface area contributed by atoms with Crippen molar-refractivity contribution in [2.45, 2.75) is 11.9 Å². The lowest BCUT2D eigenvalue weighted by molar-refractivity contribution is 0.102. The van der Waals surface area contributed by atoms with Crippen LogP contribution in [0.4, 0.5) is 11.4 Å². The number of anilines is 2. The Morgan fingerprint density at radius 3 is 2.59 bits per heavy atom. The summed E-state index contributed by atoms with van der Waals surface area (Å²) in [5.41, 5.74) is 2.75. The molecule has 0 saturated carbocycles. The molecule has 1 fully saturated rings. The highest BCUT2D eigenvalue weighted by atomic mass is 35.5. The SMILES string of the molecule is Cc1ccc(Cl)cc1N1CCN(S(=O)(=O)c2nn(C)cc2C(=O)Nc2cccc(C#N)c2)CC1. The summed E-state index contributed by atoms with van der Waals surface area (Å²) >= 11 is 6.14. The molecule has 34 heavy (non-hydrogen) atoms. The number of hydrogen-bond acceptors (Lipinski definition) is 6. The Bertz CT molecular complexity index is 1390. The highest BCUT2D eigenvalue weighted by Gasteiger charge is 2.34. The second kappa shape index (κ2) is 9.46. The monoisotopic (exact) mass is 498 g/mol. The van der Waals surface area contributed by atoms with E-state index in [1.54, 1.807) is 25.2 Å². The number of sulfonamides is 1. The molecule has 0 spiro atoms. The Morgan fingerprint density at radius 1 is 1.15 bits per heavy atom. The second-order valence-electron chi connectivity index (χ2n) is 7.99. The molecule has 0 radical (unpaired) electrons. The van der Waals surface area contributed by atoms with E-state index in [1.807, 2.05) is 31.2 Å². The second-order valence-corrected chi connectivity index (χ2v) is 10.3. The van der Waals surface area contributed by atoms with Gasteiger partial charge >= 0.3 is 0 Å². The van der Waals surface area contributed by atoms with Crippen molar-refractivity contribution in [1.29, 1.82) is 5.26 Å². The first-order valence-corrected chi connectivity index (χ1v) is 12.4. The number of hydrogen-bond donors (Lipinski definition) is 1. The van der Waals surface area contributed by atoms with E-state index in [0.29, 0.717) is 29.4 Å². The lowest BCUT2D eigenvalue weighted by atomic mass is 10.1. The summed E-state index contributed by atoms with van der Waals surface area (Å²) in [4.78, 5) is 15.0. The van der Waals surface area contributed by atoms with Crippen molar-refractivity contribution in [3.63, 3.8) is 0 Å². The van der Waals surface area contributed by atoms with Gasteiger partial charge in [0, 0.05) is 55.8 Å². The first-order chi connectivity index (χ1) is 16.2. The smallest absolute Gasteiger partial charge is 0.263 e. The molecule has 1 N–H and O–H groups in total. The van der Waals surface area contributed by atoms with Gasteiger partial charge in [-0.2, -0.15) is 14.7 Å². The molecular formula is C23H23ClN6O3S. The summed E-state index contributed by atoms with van der Waals surface area (Å²) in [5.74, 6) is -0.616. The minimum atomic E-state index is -4.01. The van der Waals surface area contributed by atoms with Crippen molar-refractivity contribution in [1.82, 2.24) is 14.1 Å². The maximum Gasteiger partial charge on any atom is 0.263 e. The molecule has 1 aromatic heterocycles. The summed E-state index contributed by atoms with van der Waals surface area (Å²) in [7, 11) is -2.45. The molecule has 0 atom stereocenters. The number of benzene rings is 2. The molecule has 1 aliphatic rings. The number of nitrogens with one attached hydrogen (secondary N) is 1. The van der Waals surface area contributed by atoms with Crippen LogP contribution in [0.5, 0.6) is 0 Å². The lowest BCUT2D eigenvalue weighted by Crippen LogP contribution is -2.49. The predicted molar refractivity (Wildman–Crippen MR) is 129 cm³/mol. The van der Waals surface area contributed by atoms with E-state index in [1.165, 1.54) is 21.3 Å². The van der Waals surface area contributed by atoms with Gasteiger partial charge in [-0.25, -0.2) is 8.42 Å². The van der Waals surface area contributed by atoms with E-state index in [0.717, 1.165) is 11.3 Å². The first kappa shape index (κ1) is 23.8. The van der Waals surface area contributed by atoms with Gasteiger partial charge in [0.05, 0.1) is 17.2 Å². The van der Waals surface area contributed by atoms with Crippen LogP contribution in [0.15, 0.2) is 53.7 Å². The van der Waals surface area contributed by atoms with Crippen LogP contribution < -0.4 is 10.2 Å². The standard InChI is InChI=1S/C23H23ClN6O3S/c1-16-6-7-18(24)13-21(16)29-8-10-30(11-9-29)34(32,33)23-20(15-28(2)27-23)22(31)26-19-5-3-4-17(12-19)14-25/h3-7,12-13,15H,8-11H2,1-2H3,(H,26,31). The van der Waals surface area contributed by atoms with Crippen molar-refractivity contribution in [3.05, 3.63) is 70.4 Å². The van der Waals surface area contributed by atoms with Gasteiger partial charge in [-0.05, 0) is 42.8 Å². The van der Waals surface area contributed by atoms with E-state index in [4.69, 9.17) is 16.9 Å². The van der Waals surface area contributed by atoms with Crippen LogP contribution in [0.25, 0.3) is 0 Å². The van der Waals surface area contributed by atoms with Crippen LogP contribution in [0, 0.1) is 18.3 Å². The minimum absolute atomic E-state index is 0.0574. The van der Waals surface area contributed by atoms with Crippen LogP contribution in [-0.4, -0.2) is 54.6 Å². The molecule has 11 heteroatoms. The molecule has 4 rings (SSSR count). The Kier molecular flexibility index (Phi) is 6.61. The van der Waals surface area contributed by atoms with Crippen molar-refractivity contribution in [2.75, 3.05) is 36.4 Å². The quantitative estimate of drug-likeness (QED) is 0.578. The van der Waals surface area contributed by atoms with Gasteiger partial charge in [-0.3, -0.25) is 9.48 Å². The lowest BCUT2D eigenvalue weighted by Gasteiger charge is -2.35. The summed E-state index contributed by atoms with van der Waals surface area (Å²) in [6.07, 6.45) is 1.38. The Hall–Kier alpha value is -3.39. The summed E-state index contributed by atoms with van der Waals surface area (Å²) in [6, 6.07) is 14.0. The van der Waals surface area contributed by atoms with E-state index in [9.17, 15) is 13.2 Å². The van der Waals surface area contributed by atoms with E-state index in [-0.39, 0.29) is 23.7 Å². The third-order valence-electron chi connectivity index (χ3n) is 5.62. The zero-order valence-corrected chi connectivity index (χ0v) is 20.3. The Balaban J connectivity index is 1.54. The normalized spacial score (nSPS) is 14.6. The van der Waals surface area contributed by atoms with Crippen molar-refractivity contribution in [3.8, 4) is 6.07 Å². The number of nitriles is 1. The first-order valence-electron chi connectivity index (χ1n) is 10.6. The number of rotatable bonds is 5. The third kappa shape index (κ3) is 4.77. The highest BCUT2D eigenvalue weighted by Crippen LogP contribution is 2.27. The molecule has 3 aromatic rings. The molecule has 2 heterocycles. The van der Waals surface area contributed by atoms with Gasteiger partial charge in [0.2, 0.25) is 5.03 Å². The van der Waals surface area contributed by atoms with Crippen LogP contribution >= 0.6 is 11.6 Å². The van der Waals surface area contributed by atoms with Crippen LogP contribution in [0.3, 0.4) is 0 Å². The van der Waals surface area contributed by atoms with E-state index < -0.39 is 15.9 Å². The van der Waals surface area contributed by atoms with Crippen molar-refractivity contribution < 1.29 is 13.2 Å². The fraction of sp³-hybridized carbons (Fsp3) is 0.261. The van der Waals surface area contributed by atoms with Gasteiger partial charge in [0.15, 0.2) is 0 Å². The molecule has 2 aromatic carbocycles. The maximum atomic E-state index is 13.4. The largest absolute Gasteiger partial charge is 0.369 e. The van der Waals surface area contributed by atoms with Gasteiger partial charge in [-0.15, -0.1) is 0 Å². The molecule has 9 nitrogen and oxygen atoms in total. The topological polar surface area (TPSA) is 111 Å². The Morgan fingerprint density at radius 2 is 1.88 bits per heavy atom. The zero-order chi connectivity index (χ0) is 24.5. The number of aryl methyl sites for hydroxylation is 2. The van der Waals surface area contributed by atoms with Gasteiger partial charge in [0.25, 0.3) is 15.9 Å². The van der Waals surface area contributed by atoms with Gasteiger partial charge < -0.3 is 10.2 Å². The molecule has 0 unspecified atom stereocenters. The fourth-order valence-corrected chi connectivity index (χ4v) is 5.60. The van der Waals surface area contributed by atoms with Crippen molar-refractivity contribution >= 4 is 38.9 Å². The number of carbonyl (C=O) groups is 1. The fourth-order valence-electron chi connectivity index (χ4n) is 3.89. The number of nitrogens with zero attached hydrogens (tertiary/aromatic N) is 5. The van der Waals surface area contributed by atoms with E-state index >= 15 is 0 Å². The minimum Gasteiger partial charge on any atom is -0.369 e. The third-order valence-corrected chi connectivity index (χ3v) is 7.69. The van der Waals surface area contributed by atoms with Gasteiger partial charge in [0.1, 0.15) is 0 Å². The molecule has 1 saturated heterocycles. The average molecular weight is 499 g/mol. The number of amides is 1. The molecule has 0 aliphatic carbocycles. The van der Waals surface area contributed by atoms with Gasteiger partial charge in [-0.1, -0.05) is 23.7 Å². The predicted octanol–water partition coefficient (Wildman–Crippen LogP) is 3.02. The summed E-state index contributed by atoms with van der Waals surface area (Å²) < 4.78 is 29.5.